The highest BCUT2D eigenvalue weighted by molar-refractivity contribution is 8.68. The normalized spacial score (nSPS) is 9.62. The molecule has 0 radical (unpaired) electrons. The van der Waals surface area contributed by atoms with Crippen molar-refractivity contribution in [2.75, 3.05) is 0 Å². The largest absolute Gasteiger partial charge is 0.148 e. The fraction of sp³-hybridized carbons (Fsp3) is 0.200. The van der Waals surface area contributed by atoms with Crippen molar-refractivity contribution in [1.82, 2.24) is 0 Å². The summed E-state index contributed by atoms with van der Waals surface area (Å²) in [5, 5.41) is 2.08. The van der Waals surface area contributed by atoms with Gasteiger partial charge in [0.15, 0.2) is 0 Å². The molecule has 0 fully saturated rings. The molecule has 0 aromatic carbocycles. The van der Waals surface area contributed by atoms with Gasteiger partial charge in [-0.2, -0.15) is 0 Å². The summed E-state index contributed by atoms with van der Waals surface area (Å²) in [5.41, 5.74) is 0. The second-order valence-corrected chi connectivity index (χ2v) is 3.71. The molecule has 0 aliphatic heterocycles. The molecule has 0 aliphatic carbocycles. The van der Waals surface area contributed by atoms with E-state index < -0.39 is 0 Å². The zero-order chi connectivity index (χ0) is 5.82. The van der Waals surface area contributed by atoms with Gasteiger partial charge in [-0.3, -0.25) is 0 Å². The van der Waals surface area contributed by atoms with Crippen LogP contribution in [0.15, 0.2) is 17.5 Å². The van der Waals surface area contributed by atoms with Crippen molar-refractivity contribution in [3.63, 3.8) is 0 Å². The molecule has 0 nitrogen and oxygen atoms in total. The molecule has 0 unspecified atom stereocenters. The Hall–Kier alpha value is 0.400. The molecule has 0 aliphatic rings. The zero-order valence-corrected chi connectivity index (χ0v) is 6.73. The van der Waals surface area contributed by atoms with E-state index in [1.807, 2.05) is 0 Å². The Morgan fingerprint density at radius 3 is 3.12 bits per heavy atom. The second kappa shape index (κ2) is 3.43. The van der Waals surface area contributed by atoms with Crippen molar-refractivity contribution in [2.45, 2.75) is 5.75 Å². The fourth-order valence-corrected chi connectivity index (χ4v) is 2.30. The third kappa shape index (κ3) is 1.73. The summed E-state index contributed by atoms with van der Waals surface area (Å²) in [6.07, 6.45) is 0. The molecule has 0 N–H and O–H groups in total. The van der Waals surface area contributed by atoms with Gasteiger partial charge in [0.05, 0.1) is 0 Å². The van der Waals surface area contributed by atoms with Crippen molar-refractivity contribution >= 4 is 33.8 Å². The van der Waals surface area contributed by atoms with Gasteiger partial charge in [-0.15, -0.1) is 23.0 Å². The van der Waals surface area contributed by atoms with Crippen molar-refractivity contribution in [3.05, 3.63) is 22.4 Å². The second-order valence-electron chi connectivity index (χ2n) is 1.35. The molecular formula is C5H6S3. The molecule has 1 heterocycles. The van der Waals surface area contributed by atoms with Crippen LogP contribution < -0.4 is 0 Å². The predicted molar refractivity (Wildman–Crippen MR) is 44.6 cm³/mol. The third-order valence-electron chi connectivity index (χ3n) is 0.787. The summed E-state index contributed by atoms with van der Waals surface area (Å²) in [6.45, 7) is 0. The van der Waals surface area contributed by atoms with Crippen LogP contribution in [0.3, 0.4) is 0 Å². The lowest BCUT2D eigenvalue weighted by atomic mass is 10.5. The third-order valence-corrected chi connectivity index (χ3v) is 2.67. The molecule has 0 bridgehead atoms. The Labute approximate surface area is 62.1 Å². The van der Waals surface area contributed by atoms with Gasteiger partial charge in [-0.1, -0.05) is 16.9 Å². The Morgan fingerprint density at radius 1 is 1.75 bits per heavy atom. The van der Waals surface area contributed by atoms with Crippen LogP contribution in [-0.2, 0) is 5.75 Å². The van der Waals surface area contributed by atoms with E-state index in [2.05, 4.69) is 29.2 Å². The topological polar surface area (TPSA) is 0 Å². The lowest BCUT2D eigenvalue weighted by molar-refractivity contribution is 1.57. The van der Waals surface area contributed by atoms with Crippen LogP contribution in [0.1, 0.15) is 4.88 Å². The smallest absolute Gasteiger partial charge is 0.0380 e. The van der Waals surface area contributed by atoms with E-state index in [1.165, 1.54) is 4.88 Å². The molecule has 1 aromatic heterocycles. The lowest BCUT2D eigenvalue weighted by Crippen LogP contribution is -1.62. The molecule has 0 saturated carbocycles. The summed E-state index contributed by atoms with van der Waals surface area (Å²) >= 11 is 5.81. The van der Waals surface area contributed by atoms with E-state index in [0.29, 0.717) is 0 Å². The maximum Gasteiger partial charge on any atom is 0.0380 e. The van der Waals surface area contributed by atoms with Gasteiger partial charge in [0.25, 0.3) is 0 Å². The Morgan fingerprint density at radius 2 is 2.62 bits per heavy atom. The molecular weight excluding hydrogens is 156 g/mol. The van der Waals surface area contributed by atoms with Gasteiger partial charge in [-0.05, 0) is 11.4 Å². The highest BCUT2D eigenvalue weighted by Crippen LogP contribution is 2.18. The Bertz CT molecular complexity index is 133. The SMILES string of the molecule is SSCc1cccs1. The van der Waals surface area contributed by atoms with Gasteiger partial charge in [-0.25, -0.2) is 0 Å². The minimum Gasteiger partial charge on any atom is -0.148 e. The monoisotopic (exact) mass is 162 g/mol. The average Bonchev–Trinajstić information content (AvgIpc) is 2.19. The maximum absolute atomic E-state index is 4.03. The fourth-order valence-electron chi connectivity index (χ4n) is 0.458. The highest BCUT2D eigenvalue weighted by atomic mass is 33.1. The van der Waals surface area contributed by atoms with E-state index in [9.17, 15) is 0 Å². The molecule has 3 heteroatoms. The van der Waals surface area contributed by atoms with Crippen LogP contribution in [-0.4, -0.2) is 0 Å². The van der Waals surface area contributed by atoms with Crippen LogP contribution in [0.2, 0.25) is 0 Å². The van der Waals surface area contributed by atoms with Gasteiger partial charge >= 0.3 is 0 Å². The summed E-state index contributed by atoms with van der Waals surface area (Å²) in [5.74, 6) is 1.03. The highest BCUT2D eigenvalue weighted by Gasteiger charge is 1.88. The van der Waals surface area contributed by atoms with Crippen molar-refractivity contribution in [3.8, 4) is 0 Å². The zero-order valence-electron chi connectivity index (χ0n) is 4.20. The molecule has 1 aromatic rings. The molecule has 0 amide bonds. The number of thiol groups is 1. The standard InChI is InChI=1S/C5H6S3/c6-8-4-5-2-1-3-7-5/h1-3,6H,4H2. The first-order valence-electron chi connectivity index (χ1n) is 2.22. The molecule has 0 saturated heterocycles. The van der Waals surface area contributed by atoms with Gasteiger partial charge < -0.3 is 0 Å². The molecule has 1 rings (SSSR count). The van der Waals surface area contributed by atoms with Crippen LogP contribution in [0, 0.1) is 0 Å². The van der Waals surface area contributed by atoms with E-state index >= 15 is 0 Å². The minimum absolute atomic E-state index is 1.03. The summed E-state index contributed by atoms with van der Waals surface area (Å²) in [6, 6.07) is 4.18. The Balaban J connectivity index is 2.50. The number of hydrogen-bond acceptors (Lipinski definition) is 3. The van der Waals surface area contributed by atoms with Crippen LogP contribution in [0.4, 0.5) is 0 Å². The molecule has 0 spiro atoms. The number of thiophene rings is 1. The molecule has 0 atom stereocenters. The summed E-state index contributed by atoms with van der Waals surface area (Å²) in [7, 11) is 1.56. The van der Waals surface area contributed by atoms with Gasteiger partial charge in [0, 0.05) is 10.6 Å². The summed E-state index contributed by atoms with van der Waals surface area (Å²) < 4.78 is 0. The molecule has 44 valence electrons. The first-order chi connectivity index (χ1) is 3.93. The van der Waals surface area contributed by atoms with E-state index in [0.717, 1.165) is 5.75 Å². The Kier molecular flexibility index (Phi) is 2.80. The number of hydrogen-bond donors (Lipinski definition) is 1. The van der Waals surface area contributed by atoms with Crippen LogP contribution in [0.5, 0.6) is 0 Å². The van der Waals surface area contributed by atoms with Crippen molar-refractivity contribution in [1.29, 1.82) is 0 Å². The van der Waals surface area contributed by atoms with Crippen LogP contribution >= 0.6 is 33.8 Å². The van der Waals surface area contributed by atoms with Crippen LogP contribution in [0.25, 0.3) is 0 Å². The molecule has 8 heavy (non-hydrogen) atoms. The van der Waals surface area contributed by atoms with Crippen molar-refractivity contribution < 1.29 is 0 Å². The van der Waals surface area contributed by atoms with E-state index in [4.69, 9.17) is 0 Å². The predicted octanol–water partition coefficient (Wildman–Crippen LogP) is 2.83. The lowest BCUT2D eigenvalue weighted by Gasteiger charge is -1.84. The van der Waals surface area contributed by atoms with E-state index in [1.54, 1.807) is 22.1 Å². The van der Waals surface area contributed by atoms with Gasteiger partial charge in [0.1, 0.15) is 0 Å². The first kappa shape index (κ1) is 6.52. The van der Waals surface area contributed by atoms with Crippen molar-refractivity contribution in [2.24, 2.45) is 0 Å². The maximum atomic E-state index is 4.03. The summed E-state index contributed by atoms with van der Waals surface area (Å²) in [4.78, 5) is 1.39. The quantitative estimate of drug-likeness (QED) is 0.515. The van der Waals surface area contributed by atoms with Gasteiger partial charge in [0.2, 0.25) is 0 Å². The number of rotatable bonds is 2. The first-order valence-corrected chi connectivity index (χ1v) is 5.14. The average molecular weight is 162 g/mol. The van der Waals surface area contributed by atoms with E-state index in [-0.39, 0.29) is 0 Å². The minimum atomic E-state index is 1.03.